The summed E-state index contributed by atoms with van der Waals surface area (Å²) in [6.07, 6.45) is -3.63. The minimum Gasteiger partial charge on any atom is -0.495 e. The Labute approximate surface area is 280 Å². The number of ether oxygens (including phenoxy) is 2. The van der Waals surface area contributed by atoms with Crippen molar-refractivity contribution in [2.75, 3.05) is 31.8 Å². The number of fused-ring (bicyclic) bond motifs is 2. The van der Waals surface area contributed by atoms with Gasteiger partial charge in [0.1, 0.15) is 35.0 Å². The maximum atomic E-state index is 15.2. The molecule has 2 atom stereocenters. The molecule has 6 rings (SSSR count). The molecule has 0 saturated carbocycles. The van der Waals surface area contributed by atoms with Crippen molar-refractivity contribution in [3.63, 3.8) is 0 Å². The SMILES string of the molecule is COc1c(-c2ccc(C[C@H](NC(=O)c3c(F)cc(N4CCOC[C@H]4C(F)(F)F)cc3F)C(=O)O)c3cccnc23)c(=O)n(C)c2ccccc12. The molecule has 5 aromatic rings. The number of carbonyl (C=O) groups is 2. The van der Waals surface area contributed by atoms with Gasteiger partial charge in [-0.15, -0.1) is 0 Å². The van der Waals surface area contributed by atoms with Crippen molar-refractivity contribution in [1.29, 1.82) is 0 Å². The van der Waals surface area contributed by atoms with E-state index in [1.165, 1.54) is 17.9 Å². The van der Waals surface area contributed by atoms with Gasteiger partial charge in [0.05, 0.1) is 36.9 Å². The molecule has 0 unspecified atom stereocenters. The third-order valence-corrected chi connectivity index (χ3v) is 8.71. The molecule has 1 amide bonds. The first-order valence-corrected chi connectivity index (χ1v) is 15.3. The lowest BCUT2D eigenvalue weighted by Crippen LogP contribution is -2.53. The van der Waals surface area contributed by atoms with E-state index in [4.69, 9.17) is 9.47 Å². The molecule has 3 aromatic carbocycles. The lowest BCUT2D eigenvalue weighted by atomic mass is 9.94. The molecular formula is C35H29F5N4O6. The van der Waals surface area contributed by atoms with Crippen LogP contribution in [0, 0.1) is 11.6 Å². The van der Waals surface area contributed by atoms with Crippen molar-refractivity contribution in [3.8, 4) is 16.9 Å². The van der Waals surface area contributed by atoms with Gasteiger partial charge < -0.3 is 29.4 Å². The molecule has 1 aliphatic heterocycles. The molecule has 1 fully saturated rings. The van der Waals surface area contributed by atoms with Gasteiger partial charge in [-0.3, -0.25) is 14.6 Å². The first-order valence-electron chi connectivity index (χ1n) is 15.3. The fraction of sp³-hybridized carbons (Fsp3) is 0.257. The van der Waals surface area contributed by atoms with Crippen LogP contribution < -0.4 is 20.5 Å². The predicted molar refractivity (Wildman–Crippen MR) is 173 cm³/mol. The number of aryl methyl sites for hydroxylation is 1. The highest BCUT2D eigenvalue weighted by atomic mass is 19.4. The number of morpholine rings is 1. The van der Waals surface area contributed by atoms with Gasteiger partial charge in [0.15, 0.2) is 0 Å². The quantitative estimate of drug-likeness (QED) is 0.212. The number of carbonyl (C=O) groups excluding carboxylic acids is 1. The number of aliphatic carboxylic acids is 1. The number of alkyl halides is 3. The van der Waals surface area contributed by atoms with E-state index in [1.54, 1.807) is 49.5 Å². The Morgan fingerprint density at radius 2 is 1.78 bits per heavy atom. The summed E-state index contributed by atoms with van der Waals surface area (Å²) in [5.74, 6) is -5.57. The molecule has 10 nitrogen and oxygen atoms in total. The second-order valence-corrected chi connectivity index (χ2v) is 11.6. The Morgan fingerprint density at radius 3 is 2.46 bits per heavy atom. The van der Waals surface area contributed by atoms with Crippen molar-refractivity contribution < 1.29 is 46.1 Å². The summed E-state index contributed by atoms with van der Waals surface area (Å²) < 4.78 is 83.2. The summed E-state index contributed by atoms with van der Waals surface area (Å²) in [5, 5.41) is 13.3. The van der Waals surface area contributed by atoms with Crippen molar-refractivity contribution in [2.45, 2.75) is 24.7 Å². The van der Waals surface area contributed by atoms with E-state index in [-0.39, 0.29) is 30.7 Å². The molecule has 1 saturated heterocycles. The predicted octanol–water partition coefficient (Wildman–Crippen LogP) is 5.23. The fourth-order valence-electron chi connectivity index (χ4n) is 6.30. The average Bonchev–Trinajstić information content (AvgIpc) is 3.09. The van der Waals surface area contributed by atoms with Crippen LogP contribution in [0.1, 0.15) is 15.9 Å². The lowest BCUT2D eigenvalue weighted by molar-refractivity contribution is -0.167. The van der Waals surface area contributed by atoms with Gasteiger partial charge in [0, 0.05) is 48.2 Å². The second kappa shape index (κ2) is 13.4. The van der Waals surface area contributed by atoms with E-state index < -0.39 is 59.6 Å². The van der Waals surface area contributed by atoms with Crippen LogP contribution in [0.2, 0.25) is 0 Å². The van der Waals surface area contributed by atoms with E-state index in [0.717, 1.165) is 4.90 Å². The summed E-state index contributed by atoms with van der Waals surface area (Å²) in [4.78, 5) is 44.3. The molecule has 2 aromatic heterocycles. The van der Waals surface area contributed by atoms with Gasteiger partial charge in [-0.2, -0.15) is 13.2 Å². The molecule has 15 heteroatoms. The Hall–Kier alpha value is -5.57. The molecular weight excluding hydrogens is 667 g/mol. The minimum atomic E-state index is -4.76. The van der Waals surface area contributed by atoms with Gasteiger partial charge in [0.2, 0.25) is 0 Å². The number of para-hydroxylation sites is 1. The lowest BCUT2D eigenvalue weighted by Gasteiger charge is -2.38. The maximum absolute atomic E-state index is 15.2. The molecule has 0 spiro atoms. The third-order valence-electron chi connectivity index (χ3n) is 8.71. The van der Waals surface area contributed by atoms with Crippen LogP contribution in [0.5, 0.6) is 5.75 Å². The molecule has 1 aliphatic rings. The number of pyridine rings is 2. The second-order valence-electron chi connectivity index (χ2n) is 11.6. The van der Waals surface area contributed by atoms with Crippen LogP contribution in [0.15, 0.2) is 71.7 Å². The number of hydrogen-bond donors (Lipinski definition) is 2. The molecule has 3 heterocycles. The monoisotopic (exact) mass is 696 g/mol. The average molecular weight is 697 g/mol. The van der Waals surface area contributed by atoms with Gasteiger partial charge in [0.25, 0.3) is 11.5 Å². The van der Waals surface area contributed by atoms with Crippen LogP contribution in [-0.2, 0) is 23.0 Å². The maximum Gasteiger partial charge on any atom is 0.411 e. The number of benzene rings is 3. The summed E-state index contributed by atoms with van der Waals surface area (Å²) in [6.45, 7) is -1.16. The number of anilines is 1. The largest absolute Gasteiger partial charge is 0.495 e. The minimum absolute atomic E-state index is 0.115. The summed E-state index contributed by atoms with van der Waals surface area (Å²) in [7, 11) is 3.06. The van der Waals surface area contributed by atoms with Crippen LogP contribution in [0.4, 0.5) is 27.6 Å². The number of carboxylic acid groups (broad SMARTS) is 1. The number of halogens is 5. The molecule has 0 bridgehead atoms. The van der Waals surface area contributed by atoms with Gasteiger partial charge in [-0.1, -0.05) is 30.3 Å². The highest BCUT2D eigenvalue weighted by Gasteiger charge is 2.46. The molecule has 50 heavy (non-hydrogen) atoms. The smallest absolute Gasteiger partial charge is 0.411 e. The van der Waals surface area contributed by atoms with Crippen LogP contribution in [0.3, 0.4) is 0 Å². The summed E-state index contributed by atoms with van der Waals surface area (Å²) >= 11 is 0. The highest BCUT2D eigenvalue weighted by Crippen LogP contribution is 2.38. The van der Waals surface area contributed by atoms with E-state index in [9.17, 15) is 32.7 Å². The van der Waals surface area contributed by atoms with E-state index in [2.05, 4.69) is 10.3 Å². The fourth-order valence-corrected chi connectivity index (χ4v) is 6.30. The number of hydrogen-bond acceptors (Lipinski definition) is 7. The number of nitrogens with one attached hydrogen (secondary N) is 1. The third kappa shape index (κ3) is 6.19. The number of carboxylic acids is 1. The van der Waals surface area contributed by atoms with Crippen molar-refractivity contribution in [2.24, 2.45) is 7.05 Å². The molecule has 260 valence electrons. The van der Waals surface area contributed by atoms with Crippen LogP contribution in [-0.4, -0.2) is 71.7 Å². The number of aromatic nitrogens is 2. The number of methoxy groups -OCH3 is 1. The topological polar surface area (TPSA) is 123 Å². The van der Waals surface area contributed by atoms with Gasteiger partial charge >= 0.3 is 12.1 Å². The first kappa shape index (κ1) is 34.3. The molecule has 0 radical (unpaired) electrons. The molecule has 2 N–H and O–H groups in total. The van der Waals surface area contributed by atoms with E-state index in [0.29, 0.717) is 50.8 Å². The van der Waals surface area contributed by atoms with Crippen molar-refractivity contribution >= 4 is 39.4 Å². The van der Waals surface area contributed by atoms with Gasteiger partial charge in [-0.25, -0.2) is 13.6 Å². The van der Waals surface area contributed by atoms with Crippen molar-refractivity contribution in [3.05, 3.63) is 100.0 Å². The normalized spacial score (nSPS) is 15.7. The standard InChI is InChI=1S/C35H29F5N4O6/c1-43-26-8-4-3-6-21(26)31(49-2)28(33(43)46)22-10-9-18(20-7-5-11-41-30(20)22)14-25(34(47)48)42-32(45)29-23(36)15-19(16-24(29)37)44-12-13-50-17-27(44)35(38,39)40/h3-11,15-16,25,27H,12-14,17H2,1-2H3,(H,42,45)(H,47,48)/t25-,27-/m0/s1. The van der Waals surface area contributed by atoms with E-state index in [1.807, 2.05) is 6.07 Å². The number of rotatable bonds is 8. The summed E-state index contributed by atoms with van der Waals surface area (Å²) in [5.41, 5.74) is 0.00402. The van der Waals surface area contributed by atoms with E-state index >= 15 is 8.78 Å². The van der Waals surface area contributed by atoms with Crippen LogP contribution >= 0.6 is 0 Å². The Morgan fingerprint density at radius 1 is 1.08 bits per heavy atom. The highest BCUT2D eigenvalue weighted by molar-refractivity contribution is 6.02. The zero-order valence-corrected chi connectivity index (χ0v) is 26.6. The van der Waals surface area contributed by atoms with Crippen molar-refractivity contribution in [1.82, 2.24) is 14.9 Å². The zero-order valence-electron chi connectivity index (χ0n) is 26.6. The zero-order chi connectivity index (χ0) is 35.9. The summed E-state index contributed by atoms with van der Waals surface area (Å²) in [6, 6.07) is 10.9. The van der Waals surface area contributed by atoms with Crippen LogP contribution in [0.25, 0.3) is 32.9 Å². The Bertz CT molecular complexity index is 2180. The molecule has 0 aliphatic carbocycles. The Kier molecular flexibility index (Phi) is 9.18. The van der Waals surface area contributed by atoms with Gasteiger partial charge in [-0.05, 0) is 35.9 Å². The first-order chi connectivity index (χ1) is 23.8. The number of nitrogens with zero attached hydrogens (tertiary/aromatic N) is 3. The Balaban J connectivity index is 1.33. The number of amides is 1.